The number of benzene rings is 1. The second-order valence-corrected chi connectivity index (χ2v) is 5.55. The zero-order valence-electron chi connectivity index (χ0n) is 11.9. The Hall–Kier alpha value is -1.10. The van der Waals surface area contributed by atoms with Gasteiger partial charge in [0.25, 0.3) is 0 Å². The first kappa shape index (κ1) is 15.3. The first-order chi connectivity index (χ1) is 9.70. The van der Waals surface area contributed by atoms with E-state index in [2.05, 4.69) is 22.5 Å². The third-order valence-corrected chi connectivity index (χ3v) is 3.89. The van der Waals surface area contributed by atoms with Crippen molar-refractivity contribution in [2.45, 2.75) is 25.8 Å². The van der Waals surface area contributed by atoms with E-state index in [1.807, 2.05) is 18.2 Å². The first-order valence-electron chi connectivity index (χ1n) is 7.20. The SMILES string of the molecule is CCCN(CC(=O)Nc1ccccc1Cl)C1CCNC1. The van der Waals surface area contributed by atoms with Crippen molar-refractivity contribution in [1.82, 2.24) is 10.2 Å². The molecule has 2 rings (SSSR count). The fraction of sp³-hybridized carbons (Fsp3) is 0.533. The van der Waals surface area contributed by atoms with Crippen LogP contribution in [0.2, 0.25) is 5.02 Å². The van der Waals surface area contributed by atoms with Crippen LogP contribution >= 0.6 is 11.6 Å². The summed E-state index contributed by atoms with van der Waals surface area (Å²) in [6.07, 6.45) is 2.16. The molecule has 0 radical (unpaired) electrons. The lowest BCUT2D eigenvalue weighted by molar-refractivity contribution is -0.117. The minimum absolute atomic E-state index is 0.00144. The van der Waals surface area contributed by atoms with E-state index in [9.17, 15) is 4.79 Å². The maximum absolute atomic E-state index is 12.2. The molecule has 0 spiro atoms. The summed E-state index contributed by atoms with van der Waals surface area (Å²) in [6, 6.07) is 7.79. The van der Waals surface area contributed by atoms with Gasteiger partial charge in [0.05, 0.1) is 17.3 Å². The Balaban J connectivity index is 1.92. The molecule has 1 unspecified atom stereocenters. The largest absolute Gasteiger partial charge is 0.324 e. The quantitative estimate of drug-likeness (QED) is 0.847. The summed E-state index contributed by atoms with van der Waals surface area (Å²) in [5, 5.41) is 6.81. The molecule has 1 saturated heterocycles. The summed E-state index contributed by atoms with van der Waals surface area (Å²) in [4.78, 5) is 14.4. The molecule has 20 heavy (non-hydrogen) atoms. The van der Waals surface area contributed by atoms with Crippen LogP contribution in [0.3, 0.4) is 0 Å². The molecule has 1 fully saturated rings. The molecule has 2 N–H and O–H groups in total. The molecule has 0 bridgehead atoms. The Morgan fingerprint density at radius 2 is 2.30 bits per heavy atom. The maximum atomic E-state index is 12.2. The van der Waals surface area contributed by atoms with E-state index in [1.165, 1.54) is 0 Å². The number of rotatable bonds is 6. The molecule has 110 valence electrons. The summed E-state index contributed by atoms with van der Waals surface area (Å²) >= 11 is 6.05. The van der Waals surface area contributed by atoms with Gasteiger partial charge in [0, 0.05) is 12.6 Å². The van der Waals surface area contributed by atoms with Crippen LogP contribution in [0, 0.1) is 0 Å². The fourth-order valence-corrected chi connectivity index (χ4v) is 2.75. The zero-order valence-corrected chi connectivity index (χ0v) is 12.6. The van der Waals surface area contributed by atoms with Gasteiger partial charge in [-0.05, 0) is 38.1 Å². The fourth-order valence-electron chi connectivity index (χ4n) is 2.57. The number of anilines is 1. The third-order valence-electron chi connectivity index (χ3n) is 3.56. The Labute approximate surface area is 125 Å². The van der Waals surface area contributed by atoms with Crippen LogP contribution in [0.15, 0.2) is 24.3 Å². The van der Waals surface area contributed by atoms with E-state index in [0.717, 1.165) is 32.5 Å². The van der Waals surface area contributed by atoms with Crippen molar-refractivity contribution in [3.8, 4) is 0 Å². The van der Waals surface area contributed by atoms with Crippen molar-refractivity contribution in [3.63, 3.8) is 0 Å². The zero-order chi connectivity index (χ0) is 14.4. The number of hydrogen-bond acceptors (Lipinski definition) is 3. The van der Waals surface area contributed by atoms with E-state index < -0.39 is 0 Å². The van der Waals surface area contributed by atoms with Crippen LogP contribution in [-0.2, 0) is 4.79 Å². The van der Waals surface area contributed by atoms with Crippen LogP contribution in [0.25, 0.3) is 0 Å². The predicted octanol–water partition coefficient (Wildman–Crippen LogP) is 2.35. The molecule has 0 aromatic heterocycles. The lowest BCUT2D eigenvalue weighted by Crippen LogP contribution is -2.42. The van der Waals surface area contributed by atoms with Gasteiger partial charge in [-0.3, -0.25) is 9.69 Å². The Morgan fingerprint density at radius 1 is 1.50 bits per heavy atom. The highest BCUT2D eigenvalue weighted by Gasteiger charge is 2.23. The highest BCUT2D eigenvalue weighted by molar-refractivity contribution is 6.33. The van der Waals surface area contributed by atoms with Gasteiger partial charge in [0.1, 0.15) is 0 Å². The van der Waals surface area contributed by atoms with Crippen molar-refractivity contribution < 1.29 is 4.79 Å². The lowest BCUT2D eigenvalue weighted by atomic mass is 10.2. The molecular formula is C15H22ClN3O. The van der Waals surface area contributed by atoms with Gasteiger partial charge in [-0.2, -0.15) is 0 Å². The smallest absolute Gasteiger partial charge is 0.238 e. The highest BCUT2D eigenvalue weighted by Crippen LogP contribution is 2.20. The lowest BCUT2D eigenvalue weighted by Gasteiger charge is -2.27. The molecule has 1 aliphatic rings. The molecule has 1 heterocycles. The predicted molar refractivity (Wildman–Crippen MR) is 83.2 cm³/mol. The number of halogens is 1. The Kier molecular flexibility index (Phi) is 5.83. The molecule has 0 saturated carbocycles. The van der Waals surface area contributed by atoms with Crippen LogP contribution in [0.1, 0.15) is 19.8 Å². The van der Waals surface area contributed by atoms with Gasteiger partial charge in [-0.15, -0.1) is 0 Å². The highest BCUT2D eigenvalue weighted by atomic mass is 35.5. The van der Waals surface area contributed by atoms with Gasteiger partial charge in [0.2, 0.25) is 5.91 Å². The number of nitrogens with one attached hydrogen (secondary N) is 2. The van der Waals surface area contributed by atoms with E-state index >= 15 is 0 Å². The topological polar surface area (TPSA) is 44.4 Å². The van der Waals surface area contributed by atoms with E-state index in [4.69, 9.17) is 11.6 Å². The summed E-state index contributed by atoms with van der Waals surface area (Å²) in [7, 11) is 0. The molecule has 1 aromatic rings. The molecule has 1 aliphatic heterocycles. The molecule has 1 amide bonds. The van der Waals surface area contributed by atoms with Gasteiger partial charge >= 0.3 is 0 Å². The minimum atomic E-state index is -0.00144. The number of carbonyl (C=O) groups excluding carboxylic acids is 1. The first-order valence-corrected chi connectivity index (χ1v) is 7.57. The number of amides is 1. The van der Waals surface area contributed by atoms with Gasteiger partial charge < -0.3 is 10.6 Å². The summed E-state index contributed by atoms with van der Waals surface area (Å²) < 4.78 is 0. The van der Waals surface area contributed by atoms with E-state index in [-0.39, 0.29) is 5.91 Å². The number of hydrogen-bond donors (Lipinski definition) is 2. The maximum Gasteiger partial charge on any atom is 0.238 e. The monoisotopic (exact) mass is 295 g/mol. The molecule has 4 nitrogen and oxygen atoms in total. The van der Waals surface area contributed by atoms with Crippen molar-refractivity contribution in [2.75, 3.05) is 31.5 Å². The van der Waals surface area contributed by atoms with Crippen LogP contribution in [0.5, 0.6) is 0 Å². The molecular weight excluding hydrogens is 274 g/mol. The number of nitrogens with zero attached hydrogens (tertiary/aromatic N) is 1. The van der Waals surface area contributed by atoms with Crippen molar-refractivity contribution in [2.24, 2.45) is 0 Å². The van der Waals surface area contributed by atoms with Crippen LogP contribution in [-0.4, -0.2) is 43.0 Å². The Bertz CT molecular complexity index is 446. The average Bonchev–Trinajstić information content (AvgIpc) is 2.95. The van der Waals surface area contributed by atoms with Gasteiger partial charge in [-0.25, -0.2) is 0 Å². The molecule has 1 atom stereocenters. The van der Waals surface area contributed by atoms with Crippen molar-refractivity contribution >= 4 is 23.2 Å². The Morgan fingerprint density at radius 3 is 2.95 bits per heavy atom. The van der Waals surface area contributed by atoms with Crippen molar-refractivity contribution in [3.05, 3.63) is 29.3 Å². The molecule has 1 aromatic carbocycles. The third kappa shape index (κ3) is 4.20. The van der Waals surface area contributed by atoms with E-state index in [1.54, 1.807) is 6.07 Å². The summed E-state index contributed by atoms with van der Waals surface area (Å²) in [5.74, 6) is -0.00144. The number of carbonyl (C=O) groups is 1. The standard InChI is InChI=1S/C15H22ClN3O/c1-2-9-19(12-7-8-17-10-12)11-15(20)18-14-6-4-3-5-13(14)16/h3-6,12,17H,2,7-11H2,1H3,(H,18,20). The van der Waals surface area contributed by atoms with Crippen LogP contribution in [0.4, 0.5) is 5.69 Å². The van der Waals surface area contributed by atoms with Gasteiger partial charge in [-0.1, -0.05) is 30.7 Å². The normalized spacial score (nSPS) is 18.4. The van der Waals surface area contributed by atoms with E-state index in [0.29, 0.717) is 23.3 Å². The van der Waals surface area contributed by atoms with Gasteiger partial charge in [0.15, 0.2) is 0 Å². The van der Waals surface area contributed by atoms with Crippen LogP contribution < -0.4 is 10.6 Å². The average molecular weight is 296 g/mol. The van der Waals surface area contributed by atoms with Crippen molar-refractivity contribution in [1.29, 1.82) is 0 Å². The summed E-state index contributed by atoms with van der Waals surface area (Å²) in [5.41, 5.74) is 0.681. The summed E-state index contributed by atoms with van der Waals surface area (Å²) in [6.45, 7) is 5.52. The minimum Gasteiger partial charge on any atom is -0.324 e. The second kappa shape index (κ2) is 7.62. The number of para-hydroxylation sites is 1. The molecule has 0 aliphatic carbocycles. The second-order valence-electron chi connectivity index (χ2n) is 5.15. The molecule has 5 heteroatoms.